The number of nitrogens with one attached hydrogen (secondary N) is 1. The first-order chi connectivity index (χ1) is 15.0. The molecule has 0 bridgehead atoms. The molecule has 0 radical (unpaired) electrons. The zero-order valence-corrected chi connectivity index (χ0v) is 18.2. The van der Waals surface area contributed by atoms with Crippen molar-refractivity contribution in [3.8, 4) is 5.75 Å². The molecule has 0 saturated heterocycles. The summed E-state index contributed by atoms with van der Waals surface area (Å²) in [5.41, 5.74) is 2.47. The Labute approximate surface area is 182 Å². The van der Waals surface area contributed by atoms with Gasteiger partial charge in [-0.15, -0.1) is 0 Å². The Morgan fingerprint density at radius 2 is 1.90 bits per heavy atom. The van der Waals surface area contributed by atoms with Crippen LogP contribution in [-0.2, 0) is 5.41 Å². The number of ether oxygens (including phenoxy) is 1. The molecule has 162 valence electrons. The van der Waals surface area contributed by atoms with Crippen LogP contribution in [0.1, 0.15) is 66.8 Å². The smallest absolute Gasteiger partial charge is 0.197 e. The normalized spacial score (nSPS) is 18.7. The largest absolute Gasteiger partial charge is 0.492 e. The van der Waals surface area contributed by atoms with Crippen molar-refractivity contribution >= 4 is 16.8 Å². The number of furan rings is 1. The Morgan fingerprint density at radius 1 is 1.13 bits per heavy atom. The summed E-state index contributed by atoms with van der Waals surface area (Å²) in [7, 11) is 0. The molecule has 0 atom stereocenters. The molecule has 2 N–H and O–H groups in total. The van der Waals surface area contributed by atoms with Crippen LogP contribution in [0.25, 0.3) is 11.0 Å². The molecule has 0 unspecified atom stereocenters. The fraction of sp³-hybridized carbons (Fsp3) is 0.423. The lowest BCUT2D eigenvalue weighted by molar-refractivity contribution is 0.102. The third kappa shape index (κ3) is 3.27. The van der Waals surface area contributed by atoms with Gasteiger partial charge in [-0.2, -0.15) is 0 Å². The predicted octanol–water partition coefficient (Wildman–Crippen LogP) is 4.58. The molecule has 0 amide bonds. The van der Waals surface area contributed by atoms with Crippen LogP contribution < -0.4 is 10.1 Å². The SMILES string of the molecule is CC1(C)c2cc(OCCNC3(CO)CCCC3)ccc2C(=O)c2c1oc1ccccc21. The lowest BCUT2D eigenvalue weighted by Gasteiger charge is -2.31. The average Bonchev–Trinajstić information content (AvgIpc) is 3.41. The Kier molecular flexibility index (Phi) is 4.91. The minimum absolute atomic E-state index is 0.00797. The summed E-state index contributed by atoms with van der Waals surface area (Å²) in [6.07, 6.45) is 4.34. The van der Waals surface area contributed by atoms with Gasteiger partial charge in [0.05, 0.1) is 12.2 Å². The summed E-state index contributed by atoms with van der Waals surface area (Å²) in [5, 5.41) is 14.1. The molecule has 1 heterocycles. The van der Waals surface area contributed by atoms with Crippen LogP contribution in [0, 0.1) is 0 Å². The Morgan fingerprint density at radius 3 is 2.68 bits per heavy atom. The topological polar surface area (TPSA) is 71.7 Å². The minimum Gasteiger partial charge on any atom is -0.492 e. The molecule has 0 aliphatic heterocycles. The highest BCUT2D eigenvalue weighted by Gasteiger charge is 2.41. The fourth-order valence-electron chi connectivity index (χ4n) is 5.22. The summed E-state index contributed by atoms with van der Waals surface area (Å²) < 4.78 is 12.2. The Balaban J connectivity index is 1.37. The van der Waals surface area contributed by atoms with Crippen molar-refractivity contribution in [2.75, 3.05) is 19.8 Å². The number of aliphatic hydroxyl groups excluding tert-OH is 1. The van der Waals surface area contributed by atoms with E-state index in [1.54, 1.807) is 0 Å². The predicted molar refractivity (Wildman–Crippen MR) is 120 cm³/mol. The molecule has 2 aromatic carbocycles. The third-order valence-corrected chi connectivity index (χ3v) is 7.03. The molecule has 0 spiro atoms. The zero-order chi connectivity index (χ0) is 21.6. The van der Waals surface area contributed by atoms with E-state index in [1.165, 1.54) is 0 Å². The summed E-state index contributed by atoms with van der Waals surface area (Å²) in [5.74, 6) is 1.47. The van der Waals surface area contributed by atoms with Gasteiger partial charge in [-0.3, -0.25) is 4.79 Å². The summed E-state index contributed by atoms with van der Waals surface area (Å²) in [6.45, 7) is 5.53. The number of ketones is 1. The highest BCUT2D eigenvalue weighted by Crippen LogP contribution is 2.46. The molecular weight excluding hydrogens is 390 g/mol. The van der Waals surface area contributed by atoms with E-state index in [-0.39, 0.29) is 17.9 Å². The number of fused-ring (bicyclic) bond motifs is 4. The maximum atomic E-state index is 13.3. The van der Waals surface area contributed by atoms with Gasteiger partial charge in [0, 0.05) is 28.4 Å². The van der Waals surface area contributed by atoms with Gasteiger partial charge in [0.1, 0.15) is 23.7 Å². The number of carbonyl (C=O) groups is 1. The molecule has 1 fully saturated rings. The summed E-state index contributed by atoms with van der Waals surface area (Å²) >= 11 is 0. The molecule has 2 aliphatic carbocycles. The van der Waals surface area contributed by atoms with Crippen LogP contribution in [0.15, 0.2) is 46.9 Å². The van der Waals surface area contributed by atoms with Crippen LogP contribution >= 0.6 is 0 Å². The number of rotatable bonds is 6. The maximum absolute atomic E-state index is 13.3. The number of benzene rings is 2. The van der Waals surface area contributed by atoms with E-state index >= 15 is 0 Å². The number of hydrogen-bond donors (Lipinski definition) is 2. The molecule has 3 aromatic rings. The molecular formula is C26H29NO4. The second-order valence-electron chi connectivity index (χ2n) is 9.38. The maximum Gasteiger partial charge on any atom is 0.197 e. The number of hydrogen-bond acceptors (Lipinski definition) is 5. The Bertz CT molecular complexity index is 1140. The highest BCUT2D eigenvalue weighted by molar-refractivity contribution is 6.19. The van der Waals surface area contributed by atoms with E-state index < -0.39 is 5.41 Å². The van der Waals surface area contributed by atoms with Gasteiger partial charge >= 0.3 is 0 Å². The van der Waals surface area contributed by atoms with Gasteiger partial charge < -0.3 is 19.6 Å². The zero-order valence-electron chi connectivity index (χ0n) is 18.2. The van der Waals surface area contributed by atoms with Crippen LogP contribution in [0.3, 0.4) is 0 Å². The van der Waals surface area contributed by atoms with Gasteiger partial charge in [-0.25, -0.2) is 0 Å². The first-order valence-electron chi connectivity index (χ1n) is 11.2. The summed E-state index contributed by atoms with van der Waals surface area (Å²) in [6, 6.07) is 13.4. The molecule has 5 nitrogen and oxygen atoms in total. The van der Waals surface area contributed by atoms with Crippen molar-refractivity contribution in [3.05, 3.63) is 64.9 Å². The lowest BCUT2D eigenvalue weighted by Crippen LogP contribution is -2.47. The third-order valence-electron chi connectivity index (χ3n) is 7.03. The van der Waals surface area contributed by atoms with Crippen molar-refractivity contribution in [3.63, 3.8) is 0 Å². The van der Waals surface area contributed by atoms with Gasteiger partial charge in [-0.1, -0.05) is 31.0 Å². The molecule has 1 saturated carbocycles. The first kappa shape index (κ1) is 20.3. The van der Waals surface area contributed by atoms with Crippen molar-refractivity contribution < 1.29 is 19.1 Å². The van der Waals surface area contributed by atoms with E-state index in [9.17, 15) is 9.90 Å². The van der Waals surface area contributed by atoms with Crippen molar-refractivity contribution in [2.24, 2.45) is 0 Å². The second kappa shape index (κ2) is 7.50. The standard InChI is InChI=1S/C26H29NO4/c1-25(2)20-15-17(30-14-13-27-26(16-28)11-5-6-12-26)9-10-18(20)23(29)22-19-7-3-4-8-21(19)31-24(22)25/h3-4,7-10,15,27-28H,5-6,11-14,16H2,1-2H3. The highest BCUT2D eigenvalue weighted by atomic mass is 16.5. The van der Waals surface area contributed by atoms with Gasteiger partial charge in [-0.05, 0) is 56.5 Å². The van der Waals surface area contributed by atoms with Crippen LogP contribution in [0.5, 0.6) is 5.75 Å². The number of carbonyl (C=O) groups excluding carboxylic acids is 1. The molecule has 5 heteroatoms. The van der Waals surface area contributed by atoms with Crippen LogP contribution in [0.4, 0.5) is 0 Å². The van der Waals surface area contributed by atoms with E-state index in [4.69, 9.17) is 9.15 Å². The number of aliphatic hydroxyl groups is 1. The number of para-hydroxylation sites is 1. The van der Waals surface area contributed by atoms with Crippen LogP contribution in [-0.4, -0.2) is 36.2 Å². The molecule has 1 aromatic heterocycles. The first-order valence-corrected chi connectivity index (χ1v) is 11.2. The van der Waals surface area contributed by atoms with Crippen molar-refractivity contribution in [2.45, 2.75) is 50.5 Å². The van der Waals surface area contributed by atoms with Gasteiger partial charge in [0.25, 0.3) is 0 Å². The van der Waals surface area contributed by atoms with Crippen LogP contribution in [0.2, 0.25) is 0 Å². The minimum atomic E-state index is -0.444. The van der Waals surface area contributed by atoms with E-state index in [0.717, 1.165) is 53.7 Å². The van der Waals surface area contributed by atoms with Crippen molar-refractivity contribution in [1.82, 2.24) is 5.32 Å². The summed E-state index contributed by atoms with van der Waals surface area (Å²) in [4.78, 5) is 13.3. The molecule has 2 aliphatic rings. The van der Waals surface area contributed by atoms with Gasteiger partial charge in [0.15, 0.2) is 5.78 Å². The quantitative estimate of drug-likeness (QED) is 0.573. The van der Waals surface area contributed by atoms with Gasteiger partial charge in [0.2, 0.25) is 0 Å². The molecule has 31 heavy (non-hydrogen) atoms. The monoisotopic (exact) mass is 419 g/mol. The van der Waals surface area contributed by atoms with E-state index in [1.807, 2.05) is 42.5 Å². The van der Waals surface area contributed by atoms with E-state index in [0.29, 0.717) is 24.3 Å². The lowest BCUT2D eigenvalue weighted by atomic mass is 9.72. The van der Waals surface area contributed by atoms with E-state index in [2.05, 4.69) is 19.2 Å². The fourth-order valence-corrected chi connectivity index (χ4v) is 5.22. The second-order valence-corrected chi connectivity index (χ2v) is 9.38. The van der Waals surface area contributed by atoms with Crippen molar-refractivity contribution in [1.29, 1.82) is 0 Å². The molecule has 5 rings (SSSR count). The average molecular weight is 420 g/mol. The Hall–Kier alpha value is -2.63.